The Bertz CT molecular complexity index is 641. The monoisotopic (exact) mass is 322 g/mol. The molecule has 1 aliphatic rings. The van der Waals surface area contributed by atoms with Crippen LogP contribution in [0.3, 0.4) is 0 Å². The Hall–Kier alpha value is -2.13. The molecule has 1 fully saturated rings. The number of likely N-dealkylation sites (tertiary alicyclic amines) is 1. The van der Waals surface area contributed by atoms with E-state index >= 15 is 0 Å². The summed E-state index contributed by atoms with van der Waals surface area (Å²) in [6.07, 6.45) is 2.07. The lowest BCUT2D eigenvalue weighted by Gasteiger charge is -2.32. The van der Waals surface area contributed by atoms with E-state index in [-0.39, 0.29) is 17.9 Å². The van der Waals surface area contributed by atoms with Gasteiger partial charge in [0.05, 0.1) is 12.0 Å². The third-order valence-electron chi connectivity index (χ3n) is 4.78. The number of nitrogens with zero attached hydrogens (tertiary/aromatic N) is 1. The molecular formula is C21H26N2O. The lowest BCUT2D eigenvalue weighted by atomic mass is 9.96. The molecule has 3 heteroatoms. The summed E-state index contributed by atoms with van der Waals surface area (Å²) in [7, 11) is 0. The van der Waals surface area contributed by atoms with Gasteiger partial charge in [-0.25, -0.2) is 0 Å². The minimum atomic E-state index is 0.0585. The van der Waals surface area contributed by atoms with Gasteiger partial charge in [0.2, 0.25) is 5.91 Å². The van der Waals surface area contributed by atoms with Crippen LogP contribution < -0.4 is 5.32 Å². The van der Waals surface area contributed by atoms with E-state index in [1.807, 2.05) is 24.3 Å². The van der Waals surface area contributed by atoms with Crippen molar-refractivity contribution < 1.29 is 4.79 Å². The van der Waals surface area contributed by atoms with Crippen molar-refractivity contribution in [2.45, 2.75) is 32.4 Å². The summed E-state index contributed by atoms with van der Waals surface area (Å²) in [5.74, 6) is 0.276. The molecule has 0 radical (unpaired) electrons. The predicted molar refractivity (Wildman–Crippen MR) is 97.4 cm³/mol. The minimum absolute atomic E-state index is 0.0585. The van der Waals surface area contributed by atoms with E-state index in [9.17, 15) is 4.79 Å². The van der Waals surface area contributed by atoms with Crippen LogP contribution in [0.2, 0.25) is 0 Å². The van der Waals surface area contributed by atoms with Crippen molar-refractivity contribution >= 4 is 5.91 Å². The van der Waals surface area contributed by atoms with Crippen molar-refractivity contribution in [2.24, 2.45) is 5.92 Å². The molecule has 2 aromatic rings. The van der Waals surface area contributed by atoms with Crippen molar-refractivity contribution in [3.8, 4) is 0 Å². The molecule has 1 amide bonds. The van der Waals surface area contributed by atoms with E-state index in [1.165, 1.54) is 5.56 Å². The fourth-order valence-corrected chi connectivity index (χ4v) is 3.41. The van der Waals surface area contributed by atoms with Gasteiger partial charge in [-0.2, -0.15) is 0 Å². The van der Waals surface area contributed by atoms with Crippen LogP contribution in [-0.4, -0.2) is 23.9 Å². The minimum Gasteiger partial charge on any atom is -0.349 e. The van der Waals surface area contributed by atoms with Gasteiger partial charge in [0.1, 0.15) is 0 Å². The maximum Gasteiger partial charge on any atom is 0.224 e. The first-order valence-electron chi connectivity index (χ1n) is 8.84. The molecule has 2 aromatic carbocycles. The van der Waals surface area contributed by atoms with Gasteiger partial charge in [0.25, 0.3) is 0 Å². The second kappa shape index (κ2) is 8.11. The zero-order chi connectivity index (χ0) is 16.8. The fraction of sp³-hybridized carbons (Fsp3) is 0.381. The summed E-state index contributed by atoms with van der Waals surface area (Å²) in [6, 6.07) is 20.7. The maximum atomic E-state index is 12.6. The van der Waals surface area contributed by atoms with Gasteiger partial charge in [0, 0.05) is 13.1 Å². The van der Waals surface area contributed by atoms with Gasteiger partial charge in [-0.15, -0.1) is 0 Å². The van der Waals surface area contributed by atoms with Gasteiger partial charge in [-0.3, -0.25) is 9.69 Å². The smallest absolute Gasteiger partial charge is 0.224 e. The molecule has 3 nitrogen and oxygen atoms in total. The number of carbonyl (C=O) groups excluding carboxylic acids is 1. The lowest BCUT2D eigenvalue weighted by Crippen LogP contribution is -2.43. The fourth-order valence-electron chi connectivity index (χ4n) is 3.41. The molecule has 3 rings (SSSR count). The SMILES string of the molecule is C[C@@H](NC(=O)[C@@H]1CCCN(Cc2ccccc2)C1)c1ccccc1. The summed E-state index contributed by atoms with van der Waals surface area (Å²) in [4.78, 5) is 15.0. The van der Waals surface area contributed by atoms with Crippen molar-refractivity contribution in [3.63, 3.8) is 0 Å². The number of hydrogen-bond acceptors (Lipinski definition) is 2. The average Bonchev–Trinajstić information content (AvgIpc) is 2.63. The molecular weight excluding hydrogens is 296 g/mol. The van der Waals surface area contributed by atoms with Crippen LogP contribution in [0.1, 0.15) is 36.9 Å². The number of benzene rings is 2. The van der Waals surface area contributed by atoms with Gasteiger partial charge in [-0.1, -0.05) is 60.7 Å². The summed E-state index contributed by atoms with van der Waals surface area (Å²) in [6.45, 7) is 4.91. The standard InChI is InChI=1S/C21H26N2O/c1-17(19-11-6-3-7-12-19)22-21(24)20-13-8-14-23(16-20)15-18-9-4-2-5-10-18/h2-7,9-12,17,20H,8,13-16H2,1H3,(H,22,24)/t17-,20-/m1/s1. The molecule has 0 unspecified atom stereocenters. The van der Waals surface area contributed by atoms with Gasteiger partial charge < -0.3 is 5.32 Å². The molecule has 1 heterocycles. The average molecular weight is 322 g/mol. The van der Waals surface area contributed by atoms with E-state index in [0.29, 0.717) is 0 Å². The zero-order valence-corrected chi connectivity index (χ0v) is 14.3. The topological polar surface area (TPSA) is 32.3 Å². The molecule has 0 spiro atoms. The van der Waals surface area contributed by atoms with E-state index in [2.05, 4.69) is 53.5 Å². The first-order valence-corrected chi connectivity index (χ1v) is 8.84. The third-order valence-corrected chi connectivity index (χ3v) is 4.78. The first-order chi connectivity index (χ1) is 11.7. The Balaban J connectivity index is 1.55. The summed E-state index contributed by atoms with van der Waals surface area (Å²) in [5, 5.41) is 3.18. The maximum absolute atomic E-state index is 12.6. The van der Waals surface area contributed by atoms with Crippen LogP contribution in [0.5, 0.6) is 0 Å². The normalized spacial score (nSPS) is 19.6. The third kappa shape index (κ3) is 4.45. The molecule has 1 N–H and O–H groups in total. The highest BCUT2D eigenvalue weighted by Gasteiger charge is 2.26. The second-order valence-corrected chi connectivity index (χ2v) is 6.70. The molecule has 1 aliphatic heterocycles. The lowest BCUT2D eigenvalue weighted by molar-refractivity contribution is -0.127. The molecule has 24 heavy (non-hydrogen) atoms. The summed E-state index contributed by atoms with van der Waals surface area (Å²) < 4.78 is 0. The van der Waals surface area contributed by atoms with Crippen LogP contribution in [0.25, 0.3) is 0 Å². The second-order valence-electron chi connectivity index (χ2n) is 6.70. The molecule has 0 aliphatic carbocycles. The van der Waals surface area contributed by atoms with Gasteiger partial charge in [0.15, 0.2) is 0 Å². The van der Waals surface area contributed by atoms with Crippen molar-refractivity contribution in [1.82, 2.24) is 10.2 Å². The molecule has 1 saturated heterocycles. The number of carbonyl (C=O) groups is 1. The number of nitrogens with one attached hydrogen (secondary N) is 1. The van der Waals surface area contributed by atoms with E-state index in [4.69, 9.17) is 0 Å². The van der Waals surface area contributed by atoms with Crippen LogP contribution in [-0.2, 0) is 11.3 Å². The number of hydrogen-bond donors (Lipinski definition) is 1. The van der Waals surface area contributed by atoms with Crippen molar-refractivity contribution in [3.05, 3.63) is 71.8 Å². The zero-order valence-electron chi connectivity index (χ0n) is 14.3. The summed E-state index contributed by atoms with van der Waals surface area (Å²) >= 11 is 0. The Morgan fingerprint density at radius 2 is 1.79 bits per heavy atom. The first kappa shape index (κ1) is 16.7. The van der Waals surface area contributed by atoms with E-state index < -0.39 is 0 Å². The molecule has 0 bridgehead atoms. The highest BCUT2D eigenvalue weighted by Crippen LogP contribution is 2.20. The van der Waals surface area contributed by atoms with Crippen molar-refractivity contribution in [2.75, 3.05) is 13.1 Å². The molecule has 0 aromatic heterocycles. The van der Waals surface area contributed by atoms with Gasteiger partial charge in [-0.05, 0) is 37.4 Å². The van der Waals surface area contributed by atoms with Crippen molar-refractivity contribution in [1.29, 1.82) is 0 Å². The van der Waals surface area contributed by atoms with Gasteiger partial charge >= 0.3 is 0 Å². The Labute approximate surface area is 144 Å². The Morgan fingerprint density at radius 3 is 2.50 bits per heavy atom. The van der Waals surface area contributed by atoms with Crippen LogP contribution in [0.15, 0.2) is 60.7 Å². The van der Waals surface area contributed by atoms with Crippen LogP contribution in [0.4, 0.5) is 0 Å². The summed E-state index contributed by atoms with van der Waals surface area (Å²) in [5.41, 5.74) is 2.47. The Kier molecular flexibility index (Phi) is 5.65. The predicted octanol–water partition coefficient (Wildman–Crippen LogP) is 3.78. The largest absolute Gasteiger partial charge is 0.349 e. The number of rotatable bonds is 5. The molecule has 0 saturated carbocycles. The Morgan fingerprint density at radius 1 is 1.12 bits per heavy atom. The number of amides is 1. The quantitative estimate of drug-likeness (QED) is 0.908. The molecule has 2 atom stereocenters. The highest BCUT2D eigenvalue weighted by molar-refractivity contribution is 5.79. The van der Waals surface area contributed by atoms with Crippen LogP contribution >= 0.6 is 0 Å². The van der Waals surface area contributed by atoms with Crippen LogP contribution in [0, 0.1) is 5.92 Å². The molecule has 126 valence electrons. The number of piperidine rings is 1. The van der Waals surface area contributed by atoms with E-state index in [0.717, 1.165) is 38.0 Å². The highest BCUT2D eigenvalue weighted by atomic mass is 16.2. The van der Waals surface area contributed by atoms with E-state index in [1.54, 1.807) is 0 Å².